The molecule has 3 atom stereocenters. The highest BCUT2D eigenvalue weighted by atomic mass is 28.4. The Morgan fingerprint density at radius 3 is 2.02 bits per heavy atom. The van der Waals surface area contributed by atoms with Gasteiger partial charge in [-0.05, 0) is 84.3 Å². The van der Waals surface area contributed by atoms with Gasteiger partial charge in [0.25, 0.3) is 0 Å². The maximum Gasteiger partial charge on any atom is 0.410 e. The van der Waals surface area contributed by atoms with Crippen LogP contribution in [0.3, 0.4) is 0 Å². The topological polar surface area (TPSA) is 150 Å². The molecule has 5 rings (SSSR count). The molecule has 0 radical (unpaired) electrons. The number of hydrogen-bond donors (Lipinski definition) is 1. The van der Waals surface area contributed by atoms with Gasteiger partial charge in [-0.3, -0.25) is 14.4 Å². The molecular formula is C52H68N2O11Si. The second-order valence-corrected chi connectivity index (χ2v) is 22.9. The Bertz CT molecular complexity index is 2160. The summed E-state index contributed by atoms with van der Waals surface area (Å²) in [5, 5.41) is 9.69. The van der Waals surface area contributed by atoms with Gasteiger partial charge >= 0.3 is 18.0 Å². The summed E-state index contributed by atoms with van der Waals surface area (Å²) in [4.78, 5) is 58.4. The number of carbonyl (C=O) groups is 4. The maximum atomic E-state index is 15.4. The van der Waals surface area contributed by atoms with Gasteiger partial charge in [-0.1, -0.05) is 106 Å². The van der Waals surface area contributed by atoms with E-state index in [0.717, 1.165) is 11.1 Å². The fourth-order valence-electron chi connectivity index (χ4n) is 7.65. The number of methoxy groups -OCH3 is 1. The van der Waals surface area contributed by atoms with Crippen LogP contribution in [-0.2, 0) is 46.2 Å². The lowest BCUT2D eigenvalue weighted by Gasteiger charge is -2.37. The molecule has 66 heavy (non-hydrogen) atoms. The van der Waals surface area contributed by atoms with Crippen molar-refractivity contribution < 1.29 is 52.4 Å². The first kappa shape index (κ1) is 51.3. The van der Waals surface area contributed by atoms with Gasteiger partial charge < -0.3 is 43.0 Å². The monoisotopic (exact) mass is 924 g/mol. The molecule has 1 N–H and O–H groups in total. The zero-order valence-electron chi connectivity index (χ0n) is 39.7. The van der Waals surface area contributed by atoms with Crippen molar-refractivity contribution in [3.8, 4) is 11.5 Å². The van der Waals surface area contributed by atoms with Crippen LogP contribution in [0.2, 0.25) is 18.1 Å². The van der Waals surface area contributed by atoms with E-state index >= 15 is 4.79 Å². The van der Waals surface area contributed by atoms with Crippen molar-refractivity contribution in [3.05, 3.63) is 131 Å². The summed E-state index contributed by atoms with van der Waals surface area (Å²) in [6, 6.07) is 31.2. The predicted molar refractivity (Wildman–Crippen MR) is 254 cm³/mol. The molecule has 0 saturated carbocycles. The van der Waals surface area contributed by atoms with Gasteiger partial charge in [-0.2, -0.15) is 0 Å². The smallest absolute Gasteiger partial charge is 0.410 e. The van der Waals surface area contributed by atoms with E-state index < -0.39 is 44.4 Å². The molecule has 0 aliphatic carbocycles. The van der Waals surface area contributed by atoms with Crippen LogP contribution >= 0.6 is 0 Å². The average molecular weight is 925 g/mol. The lowest BCUT2D eigenvalue weighted by Crippen LogP contribution is -2.42. The normalized spacial score (nSPS) is 14.9. The van der Waals surface area contributed by atoms with Crippen molar-refractivity contribution >= 4 is 32.3 Å². The molecular weight excluding hydrogens is 857 g/mol. The molecule has 14 heteroatoms. The fraction of sp³-hybridized carbons (Fsp3) is 0.462. The van der Waals surface area contributed by atoms with E-state index in [4.69, 9.17) is 28.1 Å². The van der Waals surface area contributed by atoms with Crippen molar-refractivity contribution in [1.29, 1.82) is 0 Å². The summed E-state index contributed by atoms with van der Waals surface area (Å²) in [6.45, 7) is 13.8. The average Bonchev–Trinajstić information content (AvgIpc) is 3.70. The molecule has 0 spiro atoms. The largest absolute Gasteiger partial charge is 0.489 e. The zero-order chi connectivity index (χ0) is 47.7. The highest BCUT2D eigenvalue weighted by Crippen LogP contribution is 2.51. The minimum Gasteiger partial charge on any atom is -0.489 e. The van der Waals surface area contributed by atoms with Crippen LogP contribution in [-0.4, -0.2) is 93.7 Å². The molecule has 0 bridgehead atoms. The number of esters is 2. The Balaban J connectivity index is 1.58. The van der Waals surface area contributed by atoms with Gasteiger partial charge in [0, 0.05) is 45.3 Å². The number of aliphatic hydroxyl groups excluding tert-OH is 1. The van der Waals surface area contributed by atoms with Crippen molar-refractivity contribution in [1.82, 2.24) is 9.80 Å². The third-order valence-electron chi connectivity index (χ3n) is 12.3. The Labute approximate surface area is 391 Å². The molecule has 1 aliphatic rings. The number of amides is 2. The van der Waals surface area contributed by atoms with Crippen LogP contribution in [0.5, 0.6) is 11.5 Å². The van der Waals surface area contributed by atoms with Gasteiger partial charge in [0.05, 0.1) is 26.2 Å². The summed E-state index contributed by atoms with van der Waals surface area (Å²) < 4.78 is 36.0. The Kier molecular flexibility index (Phi) is 19.2. The number of nitrogens with zero attached hydrogens (tertiary/aromatic N) is 2. The molecule has 4 aromatic carbocycles. The van der Waals surface area contributed by atoms with Crippen molar-refractivity contribution in [2.45, 2.75) is 109 Å². The minimum atomic E-state index is -2.14. The third kappa shape index (κ3) is 14.4. The summed E-state index contributed by atoms with van der Waals surface area (Å²) >= 11 is 0. The molecule has 0 fully saturated rings. The third-order valence-corrected chi connectivity index (χ3v) is 16.8. The summed E-state index contributed by atoms with van der Waals surface area (Å²) in [6.07, 6.45) is 0.135. The number of fused-ring (bicyclic) bond motifs is 1. The first-order valence-electron chi connectivity index (χ1n) is 22.9. The van der Waals surface area contributed by atoms with E-state index in [0.29, 0.717) is 73.6 Å². The number of hydrogen-bond acceptors (Lipinski definition) is 11. The van der Waals surface area contributed by atoms with Crippen LogP contribution in [0, 0.1) is 0 Å². The number of ether oxygens (including phenoxy) is 5. The molecule has 1 heterocycles. The molecule has 0 saturated heterocycles. The Hall–Kier alpha value is -5.70. The molecule has 13 nitrogen and oxygen atoms in total. The van der Waals surface area contributed by atoms with Gasteiger partial charge in [-0.25, -0.2) is 4.79 Å². The number of unbranched alkanes of at least 4 members (excludes halogenated alkanes) is 1. The highest BCUT2D eigenvalue weighted by Gasteiger charge is 2.46. The van der Waals surface area contributed by atoms with E-state index in [1.165, 1.54) is 14.0 Å². The highest BCUT2D eigenvalue weighted by molar-refractivity contribution is 6.74. The van der Waals surface area contributed by atoms with Gasteiger partial charge in [0.1, 0.15) is 36.7 Å². The second kappa shape index (κ2) is 24.7. The quantitative estimate of drug-likeness (QED) is 0.0310. The Morgan fingerprint density at radius 1 is 0.758 bits per heavy atom. The van der Waals surface area contributed by atoms with E-state index in [9.17, 15) is 19.5 Å². The van der Waals surface area contributed by atoms with Crippen LogP contribution < -0.4 is 9.47 Å². The second-order valence-electron chi connectivity index (χ2n) is 18.1. The molecule has 356 valence electrons. The van der Waals surface area contributed by atoms with Crippen LogP contribution in [0.4, 0.5) is 4.79 Å². The predicted octanol–water partition coefficient (Wildman–Crippen LogP) is 9.69. The number of carbonyl (C=O) groups excluding carboxylic acids is 4. The van der Waals surface area contributed by atoms with Gasteiger partial charge in [-0.15, -0.1) is 0 Å². The lowest BCUT2D eigenvalue weighted by atomic mass is 9.84. The van der Waals surface area contributed by atoms with Crippen LogP contribution in [0.1, 0.15) is 106 Å². The summed E-state index contributed by atoms with van der Waals surface area (Å²) in [7, 11) is -0.837. The maximum absolute atomic E-state index is 15.4. The standard InChI is InChI=1S/C52H68N2O11Si/c1-38(56)61-33-17-30-53(29-14-15-32-55)50(58)48-47-43(23-16-24-45(47)65-49(48)41-25-27-42(28-26-41)62-36-39-19-10-8-11-20-39)44(35-46(57)60-5)54(31-18-34-64-66(6,7)52(2,3)4)51(59)63-37-40-21-12-9-13-22-40/h8-13,16,19-28,44,48-49,55H,14-15,17-18,29-37H2,1-7H3/t44-,48+,49-/m0/s1. The molecule has 0 aromatic heterocycles. The first-order valence-corrected chi connectivity index (χ1v) is 25.8. The van der Waals surface area contributed by atoms with Crippen LogP contribution in [0.25, 0.3) is 0 Å². The van der Waals surface area contributed by atoms with Crippen molar-refractivity contribution in [2.24, 2.45) is 0 Å². The van der Waals surface area contributed by atoms with Crippen LogP contribution in [0.15, 0.2) is 103 Å². The minimum absolute atomic E-state index is 0.00196. The fourth-order valence-corrected chi connectivity index (χ4v) is 8.74. The number of aliphatic hydroxyl groups is 1. The Morgan fingerprint density at radius 2 is 1.39 bits per heavy atom. The molecule has 1 aliphatic heterocycles. The molecule has 0 unspecified atom stereocenters. The number of benzene rings is 4. The lowest BCUT2D eigenvalue weighted by molar-refractivity contribution is -0.142. The SMILES string of the molecule is COC(=O)C[C@@H](c1cccc2c1[C@@H](C(=O)N(CCCCO)CCCOC(C)=O)[C@H](c1ccc(OCc3ccccc3)cc1)O2)N(CCCO[Si](C)(C)C(C)(C)C)C(=O)OCc1ccccc1. The number of rotatable bonds is 24. The van der Waals surface area contributed by atoms with E-state index in [1.54, 1.807) is 21.9 Å². The van der Waals surface area contributed by atoms with Crippen molar-refractivity contribution in [2.75, 3.05) is 46.6 Å². The van der Waals surface area contributed by atoms with Crippen molar-refractivity contribution in [3.63, 3.8) is 0 Å². The first-order chi connectivity index (χ1) is 31.6. The van der Waals surface area contributed by atoms with E-state index in [1.807, 2.05) is 91.0 Å². The zero-order valence-corrected chi connectivity index (χ0v) is 40.7. The summed E-state index contributed by atoms with van der Waals surface area (Å²) in [5.74, 6) is -1.10. The van der Waals surface area contributed by atoms with E-state index in [-0.39, 0.29) is 50.3 Å². The van der Waals surface area contributed by atoms with E-state index in [2.05, 4.69) is 33.9 Å². The van der Waals surface area contributed by atoms with Gasteiger partial charge in [0.2, 0.25) is 5.91 Å². The summed E-state index contributed by atoms with van der Waals surface area (Å²) in [5.41, 5.74) is 3.61. The molecule has 4 aromatic rings. The van der Waals surface area contributed by atoms with Gasteiger partial charge in [0.15, 0.2) is 8.32 Å². The molecule has 2 amide bonds.